The minimum atomic E-state index is -0.134. The van der Waals surface area contributed by atoms with Crippen LogP contribution in [0.15, 0.2) is 59.0 Å². The van der Waals surface area contributed by atoms with Gasteiger partial charge in [0.2, 0.25) is 5.91 Å². The molecule has 1 aromatic heterocycles. The second-order valence-corrected chi connectivity index (χ2v) is 6.86. The van der Waals surface area contributed by atoms with Crippen LogP contribution < -0.4 is 4.74 Å². The van der Waals surface area contributed by atoms with Gasteiger partial charge in [-0.2, -0.15) is 0 Å². The summed E-state index contributed by atoms with van der Waals surface area (Å²) in [6.07, 6.45) is 0.438. The van der Waals surface area contributed by atoms with E-state index in [1.54, 1.807) is 4.90 Å². The van der Waals surface area contributed by atoms with E-state index in [1.807, 2.05) is 82.4 Å². The number of furan rings is 1. The van der Waals surface area contributed by atoms with Gasteiger partial charge in [-0.15, -0.1) is 0 Å². The zero-order valence-electron chi connectivity index (χ0n) is 15.7. The summed E-state index contributed by atoms with van der Waals surface area (Å²) in [6, 6.07) is 17.4. The van der Waals surface area contributed by atoms with Gasteiger partial charge < -0.3 is 14.1 Å². The van der Waals surface area contributed by atoms with Crippen LogP contribution in [0.25, 0.3) is 11.0 Å². The van der Waals surface area contributed by atoms with Gasteiger partial charge in [-0.05, 0) is 50.6 Å². The second kappa shape index (κ2) is 7.65. The molecule has 0 saturated heterocycles. The number of carbonyl (C=O) groups is 1. The summed E-state index contributed by atoms with van der Waals surface area (Å²) in [5.74, 6) is 1.62. The molecule has 0 aliphatic heterocycles. The Balaban J connectivity index is 1.70. The van der Waals surface area contributed by atoms with Crippen LogP contribution in [0.3, 0.4) is 0 Å². The van der Waals surface area contributed by atoms with Crippen LogP contribution in [-0.2, 0) is 11.2 Å². The standard InChI is InChI=1S/C22H25NO3/c1-15(2)25-19-10-7-8-17(12-19)13-22(24)23(4)16(3)21-14-18-9-5-6-11-20(18)26-21/h5-12,14-16H,13H2,1-4H3. The Morgan fingerprint density at radius 3 is 2.58 bits per heavy atom. The van der Waals surface area contributed by atoms with E-state index in [4.69, 9.17) is 9.15 Å². The fourth-order valence-corrected chi connectivity index (χ4v) is 2.92. The maximum atomic E-state index is 12.7. The number of hydrogen-bond acceptors (Lipinski definition) is 3. The topological polar surface area (TPSA) is 42.7 Å². The van der Waals surface area contributed by atoms with Gasteiger partial charge in [-0.25, -0.2) is 0 Å². The highest BCUT2D eigenvalue weighted by Gasteiger charge is 2.21. The van der Waals surface area contributed by atoms with Crippen LogP contribution in [0.2, 0.25) is 0 Å². The summed E-state index contributed by atoms with van der Waals surface area (Å²) in [4.78, 5) is 14.4. The largest absolute Gasteiger partial charge is 0.491 e. The van der Waals surface area contributed by atoms with Gasteiger partial charge in [-0.1, -0.05) is 30.3 Å². The highest BCUT2D eigenvalue weighted by molar-refractivity contribution is 5.80. The Labute approximate surface area is 154 Å². The normalized spacial score (nSPS) is 12.3. The quantitative estimate of drug-likeness (QED) is 0.629. The van der Waals surface area contributed by atoms with E-state index in [9.17, 15) is 4.79 Å². The number of amides is 1. The predicted octanol–water partition coefficient (Wildman–Crippen LogP) is 4.98. The van der Waals surface area contributed by atoms with Crippen LogP contribution in [0, 0.1) is 0 Å². The highest BCUT2D eigenvalue weighted by atomic mass is 16.5. The minimum absolute atomic E-state index is 0.0413. The molecule has 0 saturated carbocycles. The lowest BCUT2D eigenvalue weighted by atomic mass is 10.1. The maximum absolute atomic E-state index is 12.7. The molecule has 4 nitrogen and oxygen atoms in total. The SMILES string of the molecule is CC(C)Oc1cccc(CC(=O)N(C)C(C)c2cc3ccccc3o2)c1. The van der Waals surface area contributed by atoms with Crippen molar-refractivity contribution in [2.24, 2.45) is 0 Å². The van der Waals surface area contributed by atoms with Crippen molar-refractivity contribution in [1.82, 2.24) is 4.90 Å². The smallest absolute Gasteiger partial charge is 0.227 e. The van der Waals surface area contributed by atoms with Gasteiger partial charge in [0.15, 0.2) is 0 Å². The van der Waals surface area contributed by atoms with Crippen LogP contribution >= 0.6 is 0 Å². The van der Waals surface area contributed by atoms with Gasteiger partial charge in [0.25, 0.3) is 0 Å². The Kier molecular flexibility index (Phi) is 5.31. The van der Waals surface area contributed by atoms with Crippen molar-refractivity contribution in [3.63, 3.8) is 0 Å². The number of para-hydroxylation sites is 1. The molecule has 2 aromatic carbocycles. The number of fused-ring (bicyclic) bond motifs is 1. The van der Waals surface area contributed by atoms with Gasteiger partial charge >= 0.3 is 0 Å². The van der Waals surface area contributed by atoms with Crippen molar-refractivity contribution in [3.05, 3.63) is 65.9 Å². The van der Waals surface area contributed by atoms with Gasteiger partial charge in [-0.3, -0.25) is 4.79 Å². The van der Waals surface area contributed by atoms with E-state index in [2.05, 4.69) is 0 Å². The molecular weight excluding hydrogens is 326 g/mol. The number of benzene rings is 2. The van der Waals surface area contributed by atoms with E-state index in [-0.39, 0.29) is 18.1 Å². The Bertz CT molecular complexity index is 864. The fraction of sp³-hybridized carbons (Fsp3) is 0.318. The number of ether oxygens (including phenoxy) is 1. The predicted molar refractivity (Wildman–Crippen MR) is 103 cm³/mol. The third-order valence-electron chi connectivity index (χ3n) is 4.46. The molecule has 1 atom stereocenters. The first kappa shape index (κ1) is 18.1. The molecule has 26 heavy (non-hydrogen) atoms. The van der Waals surface area contributed by atoms with E-state index >= 15 is 0 Å². The summed E-state index contributed by atoms with van der Waals surface area (Å²) in [5.41, 5.74) is 1.78. The molecule has 0 bridgehead atoms. The third kappa shape index (κ3) is 4.07. The van der Waals surface area contributed by atoms with Crippen LogP contribution in [-0.4, -0.2) is 24.0 Å². The van der Waals surface area contributed by atoms with E-state index in [0.717, 1.165) is 28.0 Å². The second-order valence-electron chi connectivity index (χ2n) is 6.86. The number of nitrogens with zero attached hydrogens (tertiary/aromatic N) is 1. The van der Waals surface area contributed by atoms with E-state index in [0.29, 0.717) is 6.42 Å². The summed E-state index contributed by atoms with van der Waals surface area (Å²) in [6.45, 7) is 5.95. The molecule has 3 aromatic rings. The summed E-state index contributed by atoms with van der Waals surface area (Å²) in [7, 11) is 1.81. The van der Waals surface area contributed by atoms with Crippen LogP contribution in [0.1, 0.15) is 38.1 Å². The summed E-state index contributed by atoms with van der Waals surface area (Å²) >= 11 is 0. The zero-order chi connectivity index (χ0) is 18.7. The van der Waals surface area contributed by atoms with Crippen molar-refractivity contribution in [2.75, 3.05) is 7.05 Å². The molecule has 1 heterocycles. The molecule has 0 N–H and O–H groups in total. The molecule has 0 aliphatic carbocycles. The van der Waals surface area contributed by atoms with Gasteiger partial charge in [0, 0.05) is 12.4 Å². The average molecular weight is 351 g/mol. The first-order chi connectivity index (χ1) is 12.4. The molecule has 0 fully saturated rings. The molecule has 1 unspecified atom stereocenters. The Morgan fingerprint density at radius 2 is 1.85 bits per heavy atom. The summed E-state index contributed by atoms with van der Waals surface area (Å²) in [5, 5.41) is 1.05. The number of hydrogen-bond donors (Lipinski definition) is 0. The Hall–Kier alpha value is -2.75. The first-order valence-electron chi connectivity index (χ1n) is 8.94. The van der Waals surface area contributed by atoms with E-state index in [1.165, 1.54) is 0 Å². The average Bonchev–Trinajstić information content (AvgIpc) is 3.04. The van der Waals surface area contributed by atoms with Crippen molar-refractivity contribution in [3.8, 4) is 5.75 Å². The van der Waals surface area contributed by atoms with Gasteiger partial charge in [0.05, 0.1) is 18.6 Å². The van der Waals surface area contributed by atoms with Crippen molar-refractivity contribution >= 4 is 16.9 Å². The molecule has 0 radical (unpaired) electrons. The van der Waals surface area contributed by atoms with Crippen LogP contribution in [0.4, 0.5) is 0 Å². The molecule has 3 rings (SSSR count). The maximum Gasteiger partial charge on any atom is 0.227 e. The Morgan fingerprint density at radius 1 is 1.08 bits per heavy atom. The third-order valence-corrected chi connectivity index (χ3v) is 4.46. The van der Waals surface area contributed by atoms with Crippen molar-refractivity contribution in [2.45, 2.75) is 39.3 Å². The molecule has 0 aliphatic rings. The lowest BCUT2D eigenvalue weighted by molar-refractivity contribution is -0.131. The summed E-state index contributed by atoms with van der Waals surface area (Å²) < 4.78 is 11.6. The lowest BCUT2D eigenvalue weighted by Gasteiger charge is -2.23. The molecular formula is C22H25NO3. The number of likely N-dealkylation sites (N-methyl/N-ethyl adjacent to an activating group) is 1. The number of carbonyl (C=O) groups excluding carboxylic acids is 1. The van der Waals surface area contributed by atoms with E-state index < -0.39 is 0 Å². The highest BCUT2D eigenvalue weighted by Crippen LogP contribution is 2.27. The molecule has 1 amide bonds. The first-order valence-corrected chi connectivity index (χ1v) is 8.94. The van der Waals surface area contributed by atoms with Crippen LogP contribution in [0.5, 0.6) is 5.75 Å². The zero-order valence-corrected chi connectivity index (χ0v) is 15.7. The molecule has 136 valence electrons. The van der Waals surface area contributed by atoms with Crippen molar-refractivity contribution < 1.29 is 13.9 Å². The number of rotatable bonds is 6. The van der Waals surface area contributed by atoms with Gasteiger partial charge in [0.1, 0.15) is 17.1 Å². The fourth-order valence-electron chi connectivity index (χ4n) is 2.92. The minimum Gasteiger partial charge on any atom is -0.491 e. The molecule has 0 spiro atoms. The lowest BCUT2D eigenvalue weighted by Crippen LogP contribution is -2.30. The molecule has 4 heteroatoms. The monoisotopic (exact) mass is 351 g/mol. The van der Waals surface area contributed by atoms with Crippen molar-refractivity contribution in [1.29, 1.82) is 0 Å².